The predicted molar refractivity (Wildman–Crippen MR) is 66.5 cm³/mol. The number of hydrogen-bond donors (Lipinski definition) is 0. The van der Waals surface area contributed by atoms with E-state index in [4.69, 9.17) is 0 Å². The van der Waals surface area contributed by atoms with Crippen molar-refractivity contribution in [3.8, 4) is 5.75 Å². The molecule has 1 rings (SSSR count). The molecule has 0 saturated heterocycles. The van der Waals surface area contributed by atoms with Gasteiger partial charge in [0.15, 0.2) is 0 Å². The number of halogens is 6. The molecule has 2 nitrogen and oxygen atoms in total. The Hall–Kier alpha value is -1.73. The molecule has 8 heteroatoms. The average Bonchev–Trinajstić information content (AvgIpc) is 2.31. The molecule has 0 saturated carbocycles. The van der Waals surface area contributed by atoms with Crippen LogP contribution in [0, 0.1) is 26.2 Å². The van der Waals surface area contributed by atoms with Crippen LogP contribution in [0.5, 0.6) is 5.75 Å². The summed E-state index contributed by atoms with van der Waals surface area (Å²) in [4.78, 5) is 11.6. The van der Waals surface area contributed by atoms with Gasteiger partial charge in [0.05, 0.1) is 0 Å². The van der Waals surface area contributed by atoms with E-state index >= 15 is 0 Å². The van der Waals surface area contributed by atoms with Gasteiger partial charge in [0.2, 0.25) is 0 Å². The zero-order chi connectivity index (χ0) is 17.5. The van der Waals surface area contributed by atoms with Gasteiger partial charge in [0, 0.05) is 0 Å². The molecule has 0 aliphatic rings. The number of aryl methyl sites for hydroxylation is 2. The largest absolute Gasteiger partial charge is 0.425 e. The summed E-state index contributed by atoms with van der Waals surface area (Å²) in [6.07, 6.45) is -11.6. The van der Waals surface area contributed by atoms with Crippen molar-refractivity contribution >= 4 is 5.97 Å². The molecule has 0 amide bonds. The zero-order valence-electron chi connectivity index (χ0n) is 12.2. The maximum atomic E-state index is 12.8. The second-order valence-corrected chi connectivity index (χ2v) is 5.21. The van der Waals surface area contributed by atoms with Crippen LogP contribution in [0.25, 0.3) is 0 Å². The normalized spacial score (nSPS) is 13.2. The lowest BCUT2D eigenvalue weighted by Crippen LogP contribution is -2.55. The van der Waals surface area contributed by atoms with Crippen LogP contribution in [-0.4, -0.2) is 18.3 Å². The highest BCUT2D eigenvalue weighted by Gasteiger charge is 2.73. The van der Waals surface area contributed by atoms with Crippen LogP contribution in [0.4, 0.5) is 26.3 Å². The number of benzene rings is 1. The Balaban J connectivity index is 3.31. The van der Waals surface area contributed by atoms with E-state index in [9.17, 15) is 31.1 Å². The summed E-state index contributed by atoms with van der Waals surface area (Å²) in [7, 11) is 0. The highest BCUT2D eigenvalue weighted by molar-refractivity contribution is 5.81. The van der Waals surface area contributed by atoms with E-state index < -0.39 is 23.7 Å². The Morgan fingerprint density at radius 2 is 1.41 bits per heavy atom. The summed E-state index contributed by atoms with van der Waals surface area (Å²) >= 11 is 0. The van der Waals surface area contributed by atoms with Crippen molar-refractivity contribution in [3.63, 3.8) is 0 Å². The number of alkyl halides is 6. The lowest BCUT2D eigenvalue weighted by Gasteiger charge is -2.31. The summed E-state index contributed by atoms with van der Waals surface area (Å²) < 4.78 is 81.2. The fraction of sp³-hybridized carbons (Fsp3) is 0.500. The van der Waals surface area contributed by atoms with Crippen molar-refractivity contribution in [1.82, 2.24) is 0 Å². The lowest BCUT2D eigenvalue weighted by atomic mass is 9.89. The van der Waals surface area contributed by atoms with Crippen molar-refractivity contribution in [1.29, 1.82) is 0 Å². The molecule has 22 heavy (non-hydrogen) atoms. The maximum Gasteiger partial charge on any atom is 0.413 e. The van der Waals surface area contributed by atoms with Crippen molar-refractivity contribution in [3.05, 3.63) is 28.8 Å². The Kier molecular flexibility index (Phi) is 4.56. The second kappa shape index (κ2) is 5.48. The van der Waals surface area contributed by atoms with Gasteiger partial charge in [-0.15, -0.1) is 0 Å². The number of rotatable bonds is 2. The van der Waals surface area contributed by atoms with E-state index in [1.165, 1.54) is 13.0 Å². The van der Waals surface area contributed by atoms with Gasteiger partial charge in [0.25, 0.3) is 5.41 Å². The Bertz CT molecular complexity index is 572. The lowest BCUT2D eigenvalue weighted by molar-refractivity contribution is -0.323. The topological polar surface area (TPSA) is 26.3 Å². The third-order valence-electron chi connectivity index (χ3n) is 3.51. The molecule has 0 aromatic heterocycles. The smallest absolute Gasteiger partial charge is 0.413 e. The molecular formula is C14H14F6O2. The summed E-state index contributed by atoms with van der Waals surface area (Å²) in [5.41, 5.74) is -3.16. The van der Waals surface area contributed by atoms with Crippen LogP contribution in [0.2, 0.25) is 0 Å². The zero-order valence-corrected chi connectivity index (χ0v) is 12.2. The monoisotopic (exact) mass is 328 g/mol. The quantitative estimate of drug-likeness (QED) is 0.449. The third-order valence-corrected chi connectivity index (χ3v) is 3.51. The molecule has 0 unspecified atom stereocenters. The van der Waals surface area contributed by atoms with E-state index in [0.29, 0.717) is 16.7 Å². The minimum absolute atomic E-state index is 0.229. The first kappa shape index (κ1) is 18.3. The molecule has 0 atom stereocenters. The number of carbonyl (C=O) groups is 1. The van der Waals surface area contributed by atoms with Crippen molar-refractivity contribution < 1.29 is 35.9 Å². The maximum absolute atomic E-state index is 12.8. The number of hydrogen-bond acceptors (Lipinski definition) is 2. The molecule has 1 aromatic rings. The predicted octanol–water partition coefficient (Wildman–Crippen LogP) is 4.65. The summed E-state index contributed by atoms with van der Waals surface area (Å²) in [6, 6.07) is 2.88. The minimum atomic E-state index is -5.82. The molecule has 0 fully saturated rings. The molecule has 1 aromatic carbocycles. The molecule has 124 valence electrons. The van der Waals surface area contributed by atoms with Crippen molar-refractivity contribution in [2.24, 2.45) is 5.41 Å². The molecule has 0 N–H and O–H groups in total. The van der Waals surface area contributed by atoms with Gasteiger partial charge in [-0.1, -0.05) is 6.07 Å². The number of ether oxygens (including phenoxy) is 1. The molecule has 0 heterocycles. The van der Waals surface area contributed by atoms with E-state index in [1.807, 2.05) is 0 Å². The molecule has 0 radical (unpaired) electrons. The van der Waals surface area contributed by atoms with Gasteiger partial charge in [-0.25, -0.2) is 0 Å². The van der Waals surface area contributed by atoms with E-state index in [0.717, 1.165) is 0 Å². The highest BCUT2D eigenvalue weighted by atomic mass is 19.4. The minimum Gasteiger partial charge on any atom is -0.425 e. The molecular weight excluding hydrogens is 314 g/mol. The van der Waals surface area contributed by atoms with E-state index in [2.05, 4.69) is 4.74 Å². The van der Waals surface area contributed by atoms with Crippen molar-refractivity contribution in [2.45, 2.75) is 40.0 Å². The first-order valence-electron chi connectivity index (χ1n) is 6.15. The Morgan fingerprint density at radius 3 is 1.82 bits per heavy atom. The SMILES string of the molecule is Cc1cc(C)c(C)c(OC(=O)C(C)(C(F)(F)F)C(F)(F)F)c1. The third kappa shape index (κ3) is 3.05. The average molecular weight is 328 g/mol. The van der Waals surface area contributed by atoms with Gasteiger partial charge in [0.1, 0.15) is 5.75 Å². The Labute approximate surface area is 123 Å². The summed E-state index contributed by atoms with van der Waals surface area (Å²) in [5.74, 6) is -2.72. The first-order chi connectivity index (χ1) is 9.71. The van der Waals surface area contributed by atoms with Crippen LogP contribution >= 0.6 is 0 Å². The molecule has 0 aliphatic carbocycles. The Morgan fingerprint density at radius 1 is 0.955 bits per heavy atom. The molecule has 0 spiro atoms. The molecule has 0 bridgehead atoms. The fourth-order valence-electron chi connectivity index (χ4n) is 1.70. The number of carbonyl (C=O) groups excluding carboxylic acids is 1. The fourth-order valence-corrected chi connectivity index (χ4v) is 1.70. The summed E-state index contributed by atoms with van der Waals surface area (Å²) in [5, 5.41) is 0. The van der Waals surface area contributed by atoms with Crippen LogP contribution in [0.1, 0.15) is 23.6 Å². The second-order valence-electron chi connectivity index (χ2n) is 5.21. The van der Waals surface area contributed by atoms with Crippen molar-refractivity contribution in [2.75, 3.05) is 0 Å². The van der Waals surface area contributed by atoms with Crippen LogP contribution in [0.3, 0.4) is 0 Å². The summed E-state index contributed by atoms with van der Waals surface area (Å²) in [6.45, 7) is 4.39. The van der Waals surface area contributed by atoms with Crippen LogP contribution < -0.4 is 4.74 Å². The molecule has 0 aliphatic heterocycles. The van der Waals surface area contributed by atoms with Gasteiger partial charge in [-0.3, -0.25) is 4.79 Å². The highest BCUT2D eigenvalue weighted by Crippen LogP contribution is 2.51. The first-order valence-corrected chi connectivity index (χ1v) is 6.15. The van der Waals surface area contributed by atoms with Crippen LogP contribution in [0.15, 0.2) is 12.1 Å². The van der Waals surface area contributed by atoms with E-state index in [1.54, 1.807) is 19.9 Å². The van der Waals surface area contributed by atoms with Gasteiger partial charge in [-0.05, 0) is 50.5 Å². The van der Waals surface area contributed by atoms with Gasteiger partial charge < -0.3 is 4.74 Å². The van der Waals surface area contributed by atoms with Gasteiger partial charge >= 0.3 is 18.3 Å². The van der Waals surface area contributed by atoms with Crippen LogP contribution in [-0.2, 0) is 4.79 Å². The van der Waals surface area contributed by atoms with E-state index in [-0.39, 0.29) is 12.7 Å². The number of esters is 1. The standard InChI is InChI=1S/C14H14F6O2/c1-7-5-8(2)9(3)10(6-7)22-11(21)12(4,13(15,16)17)14(18,19)20/h5-6H,1-4H3. The van der Waals surface area contributed by atoms with Gasteiger partial charge in [-0.2, -0.15) is 26.3 Å².